The van der Waals surface area contributed by atoms with Crippen molar-refractivity contribution in [3.8, 4) is 0 Å². The fourth-order valence-electron chi connectivity index (χ4n) is 2.68. The zero-order chi connectivity index (χ0) is 15.4. The number of anilines is 1. The minimum Gasteiger partial charge on any atom is -0.364 e. The number of nitro groups is 1. The Morgan fingerprint density at radius 2 is 2.14 bits per heavy atom. The van der Waals surface area contributed by atoms with Gasteiger partial charge in [0.05, 0.1) is 15.0 Å². The summed E-state index contributed by atoms with van der Waals surface area (Å²) in [4.78, 5) is 12.9. The average Bonchev–Trinajstić information content (AvgIpc) is 2.93. The highest BCUT2D eigenvalue weighted by Gasteiger charge is 2.25. The highest BCUT2D eigenvalue weighted by atomic mass is 35.5. The van der Waals surface area contributed by atoms with E-state index in [0.717, 1.165) is 38.9 Å². The lowest BCUT2D eigenvalue weighted by molar-refractivity contribution is -0.384. The molecule has 2 rings (SSSR count). The first-order chi connectivity index (χ1) is 10.0. The summed E-state index contributed by atoms with van der Waals surface area (Å²) in [5, 5.41) is 15.3. The normalized spacial score (nSPS) is 18.0. The lowest BCUT2D eigenvalue weighted by atomic mass is 10.1. The Morgan fingerprint density at radius 3 is 2.71 bits per heavy atom. The Bertz CT molecular complexity index is 519. The van der Waals surface area contributed by atoms with Crippen LogP contribution in [0.1, 0.15) is 26.2 Å². The molecule has 0 bridgehead atoms. The van der Waals surface area contributed by atoms with Crippen LogP contribution in [0.3, 0.4) is 0 Å². The largest absolute Gasteiger partial charge is 0.364 e. The van der Waals surface area contributed by atoms with Crippen LogP contribution in [0.25, 0.3) is 0 Å². The number of halogens is 2. The van der Waals surface area contributed by atoms with Crippen molar-refractivity contribution >= 4 is 34.6 Å². The van der Waals surface area contributed by atoms with Gasteiger partial charge in [0.15, 0.2) is 0 Å². The van der Waals surface area contributed by atoms with E-state index in [0.29, 0.717) is 16.8 Å². The van der Waals surface area contributed by atoms with Crippen LogP contribution >= 0.6 is 23.2 Å². The number of rotatable bonds is 6. The molecular weight excluding hydrogens is 313 g/mol. The summed E-state index contributed by atoms with van der Waals surface area (Å²) in [7, 11) is 0. The van der Waals surface area contributed by atoms with Crippen molar-refractivity contribution in [3.05, 3.63) is 32.3 Å². The number of hydrogen-bond acceptors (Lipinski definition) is 4. The molecule has 0 aliphatic carbocycles. The van der Waals surface area contributed by atoms with Crippen LogP contribution in [0.4, 0.5) is 11.4 Å². The van der Waals surface area contributed by atoms with Crippen molar-refractivity contribution in [2.45, 2.75) is 32.2 Å². The first kappa shape index (κ1) is 16.3. The van der Waals surface area contributed by atoms with Gasteiger partial charge >= 0.3 is 0 Å². The predicted molar refractivity (Wildman–Crippen MR) is 86.6 cm³/mol. The van der Waals surface area contributed by atoms with E-state index in [1.54, 1.807) is 6.07 Å². The van der Waals surface area contributed by atoms with Crippen molar-refractivity contribution in [2.24, 2.45) is 0 Å². The molecule has 21 heavy (non-hydrogen) atoms. The van der Waals surface area contributed by atoms with Crippen molar-refractivity contribution in [1.82, 2.24) is 5.32 Å². The lowest BCUT2D eigenvalue weighted by Gasteiger charge is -2.27. The summed E-state index contributed by atoms with van der Waals surface area (Å²) >= 11 is 12.0. The van der Waals surface area contributed by atoms with E-state index >= 15 is 0 Å². The number of nitro benzene ring substituents is 1. The van der Waals surface area contributed by atoms with Gasteiger partial charge in [0.1, 0.15) is 5.69 Å². The highest BCUT2D eigenvalue weighted by molar-refractivity contribution is 6.42. The minimum atomic E-state index is -0.401. The molecule has 1 N–H and O–H groups in total. The SMILES string of the molecule is CCCN(CC1CCCN1)c1cc(Cl)c(Cl)cc1[N+](=O)[O-]. The molecule has 0 amide bonds. The molecule has 0 radical (unpaired) electrons. The van der Waals surface area contributed by atoms with E-state index in [1.165, 1.54) is 6.07 Å². The molecule has 0 saturated carbocycles. The monoisotopic (exact) mass is 331 g/mol. The molecule has 1 aromatic rings. The van der Waals surface area contributed by atoms with E-state index < -0.39 is 4.92 Å². The number of hydrogen-bond donors (Lipinski definition) is 1. The molecule has 0 aromatic heterocycles. The topological polar surface area (TPSA) is 58.4 Å². The van der Waals surface area contributed by atoms with Gasteiger partial charge in [0, 0.05) is 25.2 Å². The van der Waals surface area contributed by atoms with Crippen LogP contribution in [-0.2, 0) is 0 Å². The summed E-state index contributed by atoms with van der Waals surface area (Å²) < 4.78 is 0. The van der Waals surface area contributed by atoms with Gasteiger partial charge in [-0.1, -0.05) is 30.1 Å². The number of nitrogens with one attached hydrogen (secondary N) is 1. The molecule has 1 atom stereocenters. The Hall–Kier alpha value is -1.04. The third-order valence-corrected chi connectivity index (χ3v) is 4.37. The summed E-state index contributed by atoms with van der Waals surface area (Å²) in [6.07, 6.45) is 3.15. The fraction of sp³-hybridized carbons (Fsp3) is 0.571. The zero-order valence-corrected chi connectivity index (χ0v) is 13.5. The lowest BCUT2D eigenvalue weighted by Crippen LogP contribution is -2.38. The molecule has 0 spiro atoms. The summed E-state index contributed by atoms with van der Waals surface area (Å²) in [5.41, 5.74) is 0.556. The summed E-state index contributed by atoms with van der Waals surface area (Å²) in [6.45, 7) is 4.55. The van der Waals surface area contributed by atoms with Crippen molar-refractivity contribution in [2.75, 3.05) is 24.5 Å². The van der Waals surface area contributed by atoms with Crippen LogP contribution in [0.2, 0.25) is 10.0 Å². The zero-order valence-electron chi connectivity index (χ0n) is 11.9. The Kier molecular flexibility index (Phi) is 5.67. The van der Waals surface area contributed by atoms with Gasteiger partial charge in [-0.2, -0.15) is 0 Å². The Labute approximate surface area is 134 Å². The second-order valence-electron chi connectivity index (χ2n) is 5.25. The Balaban J connectivity index is 2.33. The van der Waals surface area contributed by atoms with Gasteiger partial charge in [-0.3, -0.25) is 10.1 Å². The van der Waals surface area contributed by atoms with Gasteiger partial charge in [-0.05, 0) is 31.9 Å². The highest BCUT2D eigenvalue weighted by Crippen LogP contribution is 2.36. The first-order valence-electron chi connectivity index (χ1n) is 7.14. The number of benzene rings is 1. The fourth-order valence-corrected chi connectivity index (χ4v) is 3.00. The quantitative estimate of drug-likeness (QED) is 0.635. The molecular formula is C14H19Cl2N3O2. The molecule has 1 aliphatic rings. The third kappa shape index (κ3) is 3.99. The van der Waals surface area contributed by atoms with Crippen molar-refractivity contribution < 1.29 is 4.92 Å². The van der Waals surface area contributed by atoms with Crippen LogP contribution in [0.15, 0.2) is 12.1 Å². The van der Waals surface area contributed by atoms with Gasteiger partial charge in [-0.25, -0.2) is 0 Å². The van der Waals surface area contributed by atoms with Crippen molar-refractivity contribution in [3.63, 3.8) is 0 Å². The molecule has 1 aromatic carbocycles. The van der Waals surface area contributed by atoms with E-state index in [9.17, 15) is 10.1 Å². The molecule has 1 fully saturated rings. The van der Waals surface area contributed by atoms with Gasteiger partial charge in [0.25, 0.3) is 5.69 Å². The van der Waals surface area contributed by atoms with Gasteiger partial charge in [0.2, 0.25) is 0 Å². The maximum absolute atomic E-state index is 11.3. The smallest absolute Gasteiger partial charge is 0.294 e. The Morgan fingerprint density at radius 1 is 1.43 bits per heavy atom. The van der Waals surface area contributed by atoms with Crippen molar-refractivity contribution in [1.29, 1.82) is 0 Å². The maximum atomic E-state index is 11.3. The molecule has 116 valence electrons. The first-order valence-corrected chi connectivity index (χ1v) is 7.90. The molecule has 5 nitrogen and oxygen atoms in total. The summed E-state index contributed by atoms with van der Waals surface area (Å²) in [5.74, 6) is 0. The number of nitrogens with zero attached hydrogens (tertiary/aromatic N) is 2. The van der Waals surface area contributed by atoms with Crippen LogP contribution in [0.5, 0.6) is 0 Å². The molecule has 7 heteroatoms. The van der Waals surface area contributed by atoms with Gasteiger partial charge < -0.3 is 10.2 Å². The molecule has 1 unspecified atom stereocenters. The second kappa shape index (κ2) is 7.29. The van der Waals surface area contributed by atoms with Crippen LogP contribution in [0, 0.1) is 10.1 Å². The van der Waals surface area contributed by atoms with E-state index in [-0.39, 0.29) is 10.7 Å². The molecule has 1 aliphatic heterocycles. The summed E-state index contributed by atoms with van der Waals surface area (Å²) in [6, 6.07) is 3.31. The van der Waals surface area contributed by atoms with E-state index in [4.69, 9.17) is 23.2 Å². The average molecular weight is 332 g/mol. The minimum absolute atomic E-state index is 0.0100. The van der Waals surface area contributed by atoms with Crippen LogP contribution in [-0.4, -0.2) is 30.6 Å². The van der Waals surface area contributed by atoms with E-state index in [1.807, 2.05) is 4.90 Å². The van der Waals surface area contributed by atoms with E-state index in [2.05, 4.69) is 12.2 Å². The predicted octanol–water partition coefficient (Wildman–Crippen LogP) is 3.87. The van der Waals surface area contributed by atoms with Crippen LogP contribution < -0.4 is 10.2 Å². The molecule has 1 heterocycles. The van der Waals surface area contributed by atoms with Gasteiger partial charge in [-0.15, -0.1) is 0 Å². The maximum Gasteiger partial charge on any atom is 0.294 e. The standard InChI is InChI=1S/C14H19Cl2N3O2/c1-2-6-18(9-10-4-3-5-17-10)13-7-11(15)12(16)8-14(13)19(20)21/h7-8,10,17H,2-6,9H2,1H3. The third-order valence-electron chi connectivity index (χ3n) is 3.65. The second-order valence-corrected chi connectivity index (χ2v) is 6.07. The molecule has 1 saturated heterocycles.